The lowest BCUT2D eigenvalue weighted by Crippen LogP contribution is -2.47. The summed E-state index contributed by atoms with van der Waals surface area (Å²) in [4.78, 5) is 11.5. The molecular weight excluding hydrogens is 289 g/mol. The molecular formula is C13H17F3N2O3. The zero-order valence-corrected chi connectivity index (χ0v) is 11.6. The molecule has 1 aromatic carbocycles. The molecule has 0 radical (unpaired) electrons. The molecule has 0 spiro atoms. The lowest BCUT2D eigenvalue weighted by molar-refractivity contribution is -0.155. The van der Waals surface area contributed by atoms with Crippen LogP contribution in [0, 0.1) is 0 Å². The number of nitrogens with one attached hydrogen (secondary N) is 2. The molecule has 0 aliphatic heterocycles. The Morgan fingerprint density at radius 1 is 1.29 bits per heavy atom. The monoisotopic (exact) mass is 306 g/mol. The van der Waals surface area contributed by atoms with Crippen LogP contribution in [-0.4, -0.2) is 37.1 Å². The maximum atomic E-state index is 13.0. The van der Waals surface area contributed by atoms with Crippen molar-refractivity contribution < 1.29 is 27.8 Å². The second kappa shape index (κ2) is 7.16. The third kappa shape index (κ3) is 5.14. The van der Waals surface area contributed by atoms with Gasteiger partial charge in [0, 0.05) is 0 Å². The number of hydrogen-bond donors (Lipinski definition) is 3. The molecule has 1 rings (SSSR count). The van der Waals surface area contributed by atoms with Crippen LogP contribution in [0.1, 0.15) is 18.5 Å². The Balaban J connectivity index is 2.88. The Hall–Kier alpha value is -1.96. The van der Waals surface area contributed by atoms with Crippen LogP contribution in [0.15, 0.2) is 24.3 Å². The fraction of sp³-hybridized carbons (Fsp3) is 0.462. The molecule has 2 amide bonds. The van der Waals surface area contributed by atoms with Gasteiger partial charge < -0.3 is 20.5 Å². The van der Waals surface area contributed by atoms with E-state index in [-0.39, 0.29) is 12.2 Å². The van der Waals surface area contributed by atoms with Crippen molar-refractivity contribution in [3.63, 3.8) is 0 Å². The molecule has 1 aromatic rings. The van der Waals surface area contributed by atoms with Gasteiger partial charge in [-0.25, -0.2) is 4.79 Å². The highest BCUT2D eigenvalue weighted by Gasteiger charge is 2.42. The normalized spacial score (nSPS) is 14.2. The van der Waals surface area contributed by atoms with E-state index in [4.69, 9.17) is 9.84 Å². The van der Waals surface area contributed by atoms with E-state index in [1.54, 1.807) is 0 Å². The number of carbonyl (C=O) groups excluding carboxylic acids is 1. The Bertz CT molecular complexity index is 463. The van der Waals surface area contributed by atoms with Crippen molar-refractivity contribution in [2.24, 2.45) is 0 Å². The maximum Gasteiger partial charge on any atom is 0.412 e. The first kappa shape index (κ1) is 17.1. The van der Waals surface area contributed by atoms with E-state index in [2.05, 4.69) is 5.32 Å². The van der Waals surface area contributed by atoms with E-state index in [0.29, 0.717) is 5.75 Å². The summed E-state index contributed by atoms with van der Waals surface area (Å²) in [6.07, 6.45) is -4.64. The SMILES string of the molecule is COc1ccc([C@@H](NC(=O)N[C@H](C)CO)C(F)(F)F)cc1. The van der Waals surface area contributed by atoms with Crippen LogP contribution >= 0.6 is 0 Å². The van der Waals surface area contributed by atoms with E-state index in [1.165, 1.54) is 38.3 Å². The molecule has 21 heavy (non-hydrogen) atoms. The van der Waals surface area contributed by atoms with Gasteiger partial charge in [0.25, 0.3) is 0 Å². The zero-order chi connectivity index (χ0) is 16.0. The van der Waals surface area contributed by atoms with Crippen LogP contribution in [-0.2, 0) is 0 Å². The highest BCUT2D eigenvalue weighted by atomic mass is 19.4. The molecule has 0 fully saturated rings. The topological polar surface area (TPSA) is 70.6 Å². The van der Waals surface area contributed by atoms with Gasteiger partial charge >= 0.3 is 12.2 Å². The number of halogens is 3. The molecule has 0 aromatic heterocycles. The molecule has 8 heteroatoms. The van der Waals surface area contributed by atoms with Crippen molar-refractivity contribution in [1.29, 1.82) is 0 Å². The van der Waals surface area contributed by atoms with Crippen LogP contribution in [0.3, 0.4) is 0 Å². The van der Waals surface area contributed by atoms with Gasteiger partial charge in [0.1, 0.15) is 5.75 Å². The predicted molar refractivity (Wildman–Crippen MR) is 70.0 cm³/mol. The third-order valence-corrected chi connectivity index (χ3v) is 2.70. The smallest absolute Gasteiger partial charge is 0.412 e. The second-order valence-electron chi connectivity index (χ2n) is 4.45. The number of benzene rings is 1. The summed E-state index contributed by atoms with van der Waals surface area (Å²) < 4.78 is 44.0. The van der Waals surface area contributed by atoms with Gasteiger partial charge in [0.15, 0.2) is 6.04 Å². The summed E-state index contributed by atoms with van der Waals surface area (Å²) in [7, 11) is 1.40. The van der Waals surface area contributed by atoms with Gasteiger partial charge in [0.2, 0.25) is 0 Å². The first-order valence-electron chi connectivity index (χ1n) is 6.16. The van der Waals surface area contributed by atoms with E-state index in [0.717, 1.165) is 0 Å². The number of rotatable bonds is 5. The van der Waals surface area contributed by atoms with Crippen LogP contribution in [0.25, 0.3) is 0 Å². The molecule has 0 aliphatic rings. The molecule has 0 bridgehead atoms. The number of urea groups is 1. The summed E-state index contributed by atoms with van der Waals surface area (Å²) >= 11 is 0. The lowest BCUT2D eigenvalue weighted by Gasteiger charge is -2.23. The molecule has 5 nitrogen and oxygen atoms in total. The number of amides is 2. The molecule has 0 saturated carbocycles. The Morgan fingerprint density at radius 3 is 2.29 bits per heavy atom. The minimum absolute atomic E-state index is 0.116. The maximum absolute atomic E-state index is 13.0. The van der Waals surface area contributed by atoms with Gasteiger partial charge in [-0.05, 0) is 24.6 Å². The number of carbonyl (C=O) groups is 1. The fourth-order valence-electron chi connectivity index (χ4n) is 1.59. The standard InChI is InChI=1S/C13H17F3N2O3/c1-8(7-19)17-12(20)18-11(13(14,15)16)9-3-5-10(21-2)6-4-9/h3-6,8,11,19H,7H2,1-2H3,(H2,17,18,20)/t8-,11-/m1/s1. The van der Waals surface area contributed by atoms with Gasteiger partial charge in [-0.2, -0.15) is 13.2 Å². The minimum atomic E-state index is -4.64. The van der Waals surface area contributed by atoms with Crippen LogP contribution in [0.4, 0.5) is 18.0 Å². The zero-order valence-electron chi connectivity index (χ0n) is 11.6. The van der Waals surface area contributed by atoms with Gasteiger partial charge in [-0.3, -0.25) is 0 Å². The Morgan fingerprint density at radius 2 is 1.86 bits per heavy atom. The highest BCUT2D eigenvalue weighted by molar-refractivity contribution is 5.74. The molecule has 0 aliphatic carbocycles. The van der Waals surface area contributed by atoms with Crippen LogP contribution in [0.5, 0.6) is 5.75 Å². The van der Waals surface area contributed by atoms with Crippen molar-refractivity contribution in [2.45, 2.75) is 25.2 Å². The van der Waals surface area contributed by atoms with Crippen LogP contribution in [0.2, 0.25) is 0 Å². The number of ether oxygens (including phenoxy) is 1. The number of hydrogen-bond acceptors (Lipinski definition) is 3. The first-order chi connectivity index (χ1) is 9.77. The average molecular weight is 306 g/mol. The summed E-state index contributed by atoms with van der Waals surface area (Å²) in [5.41, 5.74) is -0.116. The van der Waals surface area contributed by atoms with Crippen LogP contribution < -0.4 is 15.4 Å². The van der Waals surface area contributed by atoms with Gasteiger partial charge in [0.05, 0.1) is 19.8 Å². The van der Waals surface area contributed by atoms with Crippen molar-refractivity contribution in [3.8, 4) is 5.75 Å². The second-order valence-corrected chi connectivity index (χ2v) is 4.45. The largest absolute Gasteiger partial charge is 0.497 e. The highest BCUT2D eigenvalue weighted by Crippen LogP contribution is 2.33. The molecule has 0 unspecified atom stereocenters. The van der Waals surface area contributed by atoms with E-state index in [9.17, 15) is 18.0 Å². The van der Waals surface area contributed by atoms with Crippen molar-refractivity contribution >= 4 is 6.03 Å². The summed E-state index contributed by atoms with van der Waals surface area (Å²) in [6.45, 7) is 1.10. The quantitative estimate of drug-likeness (QED) is 0.779. The first-order valence-corrected chi connectivity index (χ1v) is 6.16. The Kier molecular flexibility index (Phi) is 5.83. The van der Waals surface area contributed by atoms with Crippen molar-refractivity contribution in [2.75, 3.05) is 13.7 Å². The number of aliphatic hydroxyl groups is 1. The Labute approximate surface area is 120 Å². The van der Waals surface area contributed by atoms with E-state index >= 15 is 0 Å². The molecule has 0 heterocycles. The molecule has 118 valence electrons. The predicted octanol–water partition coefficient (Wildman–Crippen LogP) is 1.98. The summed E-state index contributed by atoms with van der Waals surface area (Å²) in [5.74, 6) is 0.415. The average Bonchev–Trinajstić information content (AvgIpc) is 2.43. The lowest BCUT2D eigenvalue weighted by atomic mass is 10.1. The van der Waals surface area contributed by atoms with Gasteiger partial charge in [-0.15, -0.1) is 0 Å². The number of aliphatic hydroxyl groups excluding tert-OH is 1. The van der Waals surface area contributed by atoms with Crippen molar-refractivity contribution in [1.82, 2.24) is 10.6 Å². The molecule has 2 atom stereocenters. The third-order valence-electron chi connectivity index (χ3n) is 2.70. The number of methoxy groups -OCH3 is 1. The van der Waals surface area contributed by atoms with Crippen molar-refractivity contribution in [3.05, 3.63) is 29.8 Å². The van der Waals surface area contributed by atoms with Gasteiger partial charge in [-0.1, -0.05) is 12.1 Å². The molecule has 0 saturated heterocycles. The van der Waals surface area contributed by atoms with E-state index in [1.807, 2.05) is 5.32 Å². The summed E-state index contributed by atoms with van der Waals surface area (Å²) in [5, 5.41) is 12.8. The fourth-order valence-corrected chi connectivity index (χ4v) is 1.59. The summed E-state index contributed by atoms with van der Waals surface area (Å²) in [6, 6.07) is 1.42. The van der Waals surface area contributed by atoms with E-state index < -0.39 is 24.3 Å². The minimum Gasteiger partial charge on any atom is -0.497 e. The molecule has 3 N–H and O–H groups in total. The number of alkyl halides is 3.